The summed E-state index contributed by atoms with van der Waals surface area (Å²) in [6, 6.07) is 0. The number of quaternary nitrogens is 1. The zero-order valence-electron chi connectivity index (χ0n) is 5.48. The van der Waals surface area contributed by atoms with Gasteiger partial charge < -0.3 is 0 Å². The van der Waals surface area contributed by atoms with Crippen LogP contribution in [0.2, 0.25) is 0 Å². The van der Waals surface area contributed by atoms with Crippen LogP contribution in [0, 0.1) is 5.92 Å². The van der Waals surface area contributed by atoms with E-state index < -0.39 is 0 Å². The molecule has 1 rings (SSSR count). The predicted molar refractivity (Wildman–Crippen MR) is 33.3 cm³/mol. The molecule has 1 fully saturated rings. The second kappa shape index (κ2) is 2.46. The summed E-state index contributed by atoms with van der Waals surface area (Å²) in [6.07, 6.45) is 2.62. The van der Waals surface area contributed by atoms with E-state index in [0.717, 1.165) is 5.92 Å². The van der Waals surface area contributed by atoms with Crippen molar-refractivity contribution in [2.45, 2.75) is 19.8 Å². The van der Waals surface area contributed by atoms with Crippen LogP contribution in [-0.4, -0.2) is 13.1 Å². The molecule has 2 heteroatoms. The van der Waals surface area contributed by atoms with Crippen molar-refractivity contribution in [3.63, 3.8) is 0 Å². The zero-order valence-corrected chi connectivity index (χ0v) is 5.48. The molecule has 48 valence electrons. The summed E-state index contributed by atoms with van der Waals surface area (Å²) >= 11 is 0. The number of nitrogens with one attached hydrogen (secondary N) is 1. The van der Waals surface area contributed by atoms with Gasteiger partial charge in [0.05, 0.1) is 13.1 Å². The van der Waals surface area contributed by atoms with Crippen molar-refractivity contribution >= 4 is 0 Å². The Labute approximate surface area is 50.6 Å². The van der Waals surface area contributed by atoms with E-state index >= 15 is 0 Å². The SMILES string of the molecule is CC1CC[NH+](N)CC1. The van der Waals surface area contributed by atoms with Gasteiger partial charge in [0, 0.05) is 12.8 Å². The van der Waals surface area contributed by atoms with Crippen LogP contribution in [0.5, 0.6) is 0 Å². The third kappa shape index (κ3) is 1.46. The minimum atomic E-state index is 0.919. The molecule has 0 atom stereocenters. The van der Waals surface area contributed by atoms with Crippen LogP contribution in [0.1, 0.15) is 19.8 Å². The molecule has 0 amide bonds. The Morgan fingerprint density at radius 3 is 2.25 bits per heavy atom. The predicted octanol–water partition coefficient (Wildman–Crippen LogP) is -0.825. The Balaban J connectivity index is 2.19. The van der Waals surface area contributed by atoms with Gasteiger partial charge in [0.25, 0.3) is 0 Å². The first kappa shape index (κ1) is 6.05. The number of hydrogen-bond acceptors (Lipinski definition) is 1. The van der Waals surface area contributed by atoms with Gasteiger partial charge in [-0.05, 0) is 5.92 Å². The molecule has 0 unspecified atom stereocenters. The van der Waals surface area contributed by atoms with Crippen LogP contribution in [-0.2, 0) is 0 Å². The minimum absolute atomic E-state index is 0.919. The van der Waals surface area contributed by atoms with Gasteiger partial charge in [-0.1, -0.05) is 6.92 Å². The van der Waals surface area contributed by atoms with E-state index in [2.05, 4.69) is 6.92 Å². The van der Waals surface area contributed by atoms with E-state index in [0.29, 0.717) is 0 Å². The average Bonchev–Trinajstić information content (AvgIpc) is 1.77. The van der Waals surface area contributed by atoms with Gasteiger partial charge >= 0.3 is 0 Å². The van der Waals surface area contributed by atoms with Gasteiger partial charge in [0.1, 0.15) is 0 Å². The summed E-state index contributed by atoms with van der Waals surface area (Å²) in [5.74, 6) is 6.53. The number of nitrogens with two attached hydrogens (primary N) is 1. The zero-order chi connectivity index (χ0) is 5.98. The van der Waals surface area contributed by atoms with Gasteiger partial charge in [0.15, 0.2) is 0 Å². The number of hydrogen-bond donors (Lipinski definition) is 2. The summed E-state index contributed by atoms with van der Waals surface area (Å²) in [6.45, 7) is 4.63. The van der Waals surface area contributed by atoms with E-state index in [9.17, 15) is 0 Å². The summed E-state index contributed by atoms with van der Waals surface area (Å²) in [5, 5.41) is 1.21. The van der Waals surface area contributed by atoms with Crippen LogP contribution >= 0.6 is 0 Å². The van der Waals surface area contributed by atoms with Crippen molar-refractivity contribution in [3.05, 3.63) is 0 Å². The Hall–Kier alpha value is -0.0800. The first-order valence-corrected chi connectivity index (χ1v) is 3.39. The lowest BCUT2D eigenvalue weighted by Crippen LogP contribution is -3.18. The first-order valence-electron chi connectivity index (χ1n) is 3.39. The second-order valence-electron chi connectivity index (χ2n) is 2.84. The Morgan fingerprint density at radius 1 is 1.38 bits per heavy atom. The maximum Gasteiger partial charge on any atom is 0.0946 e. The lowest BCUT2D eigenvalue weighted by molar-refractivity contribution is -0.918. The summed E-state index contributed by atoms with van der Waals surface area (Å²) in [7, 11) is 0. The molecule has 0 spiro atoms. The largest absolute Gasteiger partial charge is 0.260 e. The maximum atomic E-state index is 5.61. The minimum Gasteiger partial charge on any atom is -0.260 e. The fourth-order valence-electron chi connectivity index (χ4n) is 1.13. The van der Waals surface area contributed by atoms with Gasteiger partial charge in [-0.15, -0.1) is 0 Å². The smallest absolute Gasteiger partial charge is 0.0946 e. The van der Waals surface area contributed by atoms with E-state index in [1.54, 1.807) is 0 Å². The Kier molecular flexibility index (Phi) is 1.86. The molecule has 1 saturated heterocycles. The van der Waals surface area contributed by atoms with E-state index in [-0.39, 0.29) is 0 Å². The first-order chi connectivity index (χ1) is 3.79. The fraction of sp³-hybridized carbons (Fsp3) is 1.00. The molecule has 0 aromatic rings. The normalized spacial score (nSPS) is 39.8. The second-order valence-corrected chi connectivity index (χ2v) is 2.84. The molecule has 1 aliphatic heterocycles. The monoisotopic (exact) mass is 115 g/mol. The van der Waals surface area contributed by atoms with Crippen molar-refractivity contribution in [3.8, 4) is 0 Å². The molecule has 0 radical (unpaired) electrons. The quantitative estimate of drug-likeness (QED) is 0.397. The highest BCUT2D eigenvalue weighted by Gasteiger charge is 2.14. The van der Waals surface area contributed by atoms with Gasteiger partial charge in [-0.3, -0.25) is 5.01 Å². The average molecular weight is 115 g/mol. The molecule has 0 aromatic heterocycles. The Bertz CT molecular complexity index is 54.9. The molecule has 2 nitrogen and oxygen atoms in total. The summed E-state index contributed by atoms with van der Waals surface area (Å²) in [5.41, 5.74) is 0. The summed E-state index contributed by atoms with van der Waals surface area (Å²) < 4.78 is 0. The molecule has 8 heavy (non-hydrogen) atoms. The van der Waals surface area contributed by atoms with Crippen LogP contribution in [0.3, 0.4) is 0 Å². The molecule has 0 aromatic carbocycles. The van der Waals surface area contributed by atoms with Crippen LogP contribution in [0.15, 0.2) is 0 Å². The third-order valence-electron chi connectivity index (χ3n) is 1.92. The molecule has 0 saturated carbocycles. The lowest BCUT2D eigenvalue weighted by Gasteiger charge is -2.22. The van der Waals surface area contributed by atoms with E-state index in [4.69, 9.17) is 5.84 Å². The number of piperidine rings is 1. The van der Waals surface area contributed by atoms with Crippen LogP contribution in [0.4, 0.5) is 0 Å². The van der Waals surface area contributed by atoms with Crippen molar-refractivity contribution in [1.29, 1.82) is 0 Å². The van der Waals surface area contributed by atoms with E-state index in [1.165, 1.54) is 30.9 Å². The highest BCUT2D eigenvalue weighted by atomic mass is 15.4. The molecular weight excluding hydrogens is 100 g/mol. The Morgan fingerprint density at radius 2 is 1.88 bits per heavy atom. The van der Waals surface area contributed by atoms with Gasteiger partial charge in [-0.2, -0.15) is 5.84 Å². The molecular formula is C6H15N2+. The summed E-state index contributed by atoms with van der Waals surface area (Å²) in [4.78, 5) is 0. The van der Waals surface area contributed by atoms with Crippen molar-refractivity contribution in [2.24, 2.45) is 11.8 Å². The maximum absolute atomic E-state index is 5.61. The third-order valence-corrected chi connectivity index (χ3v) is 1.92. The standard InChI is InChI=1S/C6H14N2/c1-6-2-4-8(7)5-3-6/h6H,2-5,7H2,1H3/p+1. The molecule has 0 aliphatic carbocycles. The van der Waals surface area contributed by atoms with Crippen LogP contribution in [0.25, 0.3) is 0 Å². The fourth-order valence-corrected chi connectivity index (χ4v) is 1.13. The van der Waals surface area contributed by atoms with E-state index in [1.807, 2.05) is 0 Å². The number of rotatable bonds is 0. The van der Waals surface area contributed by atoms with Gasteiger partial charge in [0.2, 0.25) is 0 Å². The van der Waals surface area contributed by atoms with Crippen molar-refractivity contribution in [2.75, 3.05) is 13.1 Å². The topological polar surface area (TPSA) is 30.5 Å². The highest BCUT2D eigenvalue weighted by molar-refractivity contribution is 4.53. The molecule has 1 heterocycles. The van der Waals surface area contributed by atoms with Crippen LogP contribution < -0.4 is 10.9 Å². The van der Waals surface area contributed by atoms with Crippen molar-refractivity contribution < 1.29 is 5.01 Å². The lowest BCUT2D eigenvalue weighted by atomic mass is 10.0. The van der Waals surface area contributed by atoms with Gasteiger partial charge in [-0.25, -0.2) is 0 Å². The highest BCUT2D eigenvalue weighted by Crippen LogP contribution is 2.05. The molecule has 1 aliphatic rings. The van der Waals surface area contributed by atoms with Crippen molar-refractivity contribution in [1.82, 2.24) is 0 Å². The molecule has 0 bridgehead atoms. The molecule has 3 N–H and O–H groups in total.